The Hall–Kier alpha value is -2.94. The Morgan fingerprint density at radius 2 is 1.58 bits per heavy atom. The molecule has 3 rings (SSSR count). The minimum Gasteiger partial charge on any atom is -0.491 e. The topological polar surface area (TPSA) is 30.5 Å². The fourth-order valence-corrected chi connectivity index (χ4v) is 2.73. The van der Waals surface area contributed by atoms with Crippen LogP contribution in [-0.2, 0) is 6.61 Å². The zero-order chi connectivity index (χ0) is 18.2. The smallest absolute Gasteiger partial charge is 0.122 e. The number of ether oxygens (including phenoxy) is 2. The highest BCUT2D eigenvalue weighted by Gasteiger charge is 2.00. The summed E-state index contributed by atoms with van der Waals surface area (Å²) >= 11 is 0. The first kappa shape index (κ1) is 17.9. The maximum absolute atomic E-state index is 5.84. The van der Waals surface area contributed by atoms with Crippen LogP contribution in [0.2, 0.25) is 0 Å². The van der Waals surface area contributed by atoms with Gasteiger partial charge in [0, 0.05) is 12.2 Å². The molecule has 0 amide bonds. The first-order valence-corrected chi connectivity index (χ1v) is 8.91. The normalized spacial score (nSPS) is 10.4. The molecule has 0 heterocycles. The lowest BCUT2D eigenvalue weighted by molar-refractivity contribution is 0.306. The van der Waals surface area contributed by atoms with Crippen molar-refractivity contribution < 1.29 is 9.47 Å². The number of hydrogen-bond acceptors (Lipinski definition) is 3. The molecule has 0 aromatic heterocycles. The summed E-state index contributed by atoms with van der Waals surface area (Å²) in [5.41, 5.74) is 4.65. The minimum absolute atomic E-state index is 0.581. The lowest BCUT2D eigenvalue weighted by Crippen LogP contribution is -2.11. The van der Waals surface area contributed by atoms with Crippen LogP contribution in [0.1, 0.15) is 16.7 Å². The lowest BCUT2D eigenvalue weighted by atomic mass is 10.1. The summed E-state index contributed by atoms with van der Waals surface area (Å²) in [6.45, 7) is 6.11. The van der Waals surface area contributed by atoms with E-state index in [1.165, 1.54) is 16.7 Å². The quantitative estimate of drug-likeness (QED) is 0.555. The molecule has 0 saturated carbocycles. The molecule has 0 aliphatic carbocycles. The van der Waals surface area contributed by atoms with Gasteiger partial charge in [-0.25, -0.2) is 0 Å². The zero-order valence-corrected chi connectivity index (χ0v) is 15.4. The van der Waals surface area contributed by atoms with Crippen molar-refractivity contribution in [2.24, 2.45) is 0 Å². The van der Waals surface area contributed by atoms with Crippen LogP contribution < -0.4 is 14.8 Å². The van der Waals surface area contributed by atoms with E-state index in [0.29, 0.717) is 13.2 Å². The van der Waals surface area contributed by atoms with Gasteiger partial charge in [0.2, 0.25) is 0 Å². The number of benzene rings is 3. The highest BCUT2D eigenvalue weighted by Crippen LogP contribution is 2.19. The maximum atomic E-state index is 5.84. The predicted molar refractivity (Wildman–Crippen MR) is 107 cm³/mol. The third kappa shape index (κ3) is 5.28. The van der Waals surface area contributed by atoms with E-state index < -0.39 is 0 Å². The largest absolute Gasteiger partial charge is 0.491 e. The lowest BCUT2D eigenvalue weighted by Gasteiger charge is -2.12. The molecule has 3 heteroatoms. The molecule has 0 aliphatic heterocycles. The maximum Gasteiger partial charge on any atom is 0.122 e. The molecule has 0 unspecified atom stereocenters. The Kier molecular flexibility index (Phi) is 6.15. The molecule has 0 atom stereocenters. The van der Waals surface area contributed by atoms with Gasteiger partial charge in [-0.3, -0.25) is 0 Å². The second-order valence-electron chi connectivity index (χ2n) is 6.34. The van der Waals surface area contributed by atoms with Gasteiger partial charge in [-0.05, 0) is 55.3 Å². The molecule has 0 aliphatic rings. The molecule has 0 saturated heterocycles. The predicted octanol–water partition coefficient (Wildman–Crippen LogP) is 5.37. The number of aryl methyl sites for hydroxylation is 2. The summed E-state index contributed by atoms with van der Waals surface area (Å²) in [6, 6.07) is 24.4. The summed E-state index contributed by atoms with van der Waals surface area (Å²) in [4.78, 5) is 0. The zero-order valence-electron chi connectivity index (χ0n) is 15.4. The van der Waals surface area contributed by atoms with Gasteiger partial charge in [0.15, 0.2) is 0 Å². The SMILES string of the molecule is Cc1ccc(OCCNc2ccc(OCc3ccccc3)cc2)c(C)c1. The molecule has 0 fully saturated rings. The van der Waals surface area contributed by atoms with Crippen LogP contribution in [0.4, 0.5) is 5.69 Å². The average molecular weight is 347 g/mol. The highest BCUT2D eigenvalue weighted by molar-refractivity contribution is 5.46. The molecule has 0 spiro atoms. The van der Waals surface area contributed by atoms with Crippen molar-refractivity contribution in [3.63, 3.8) is 0 Å². The molecule has 3 nitrogen and oxygen atoms in total. The van der Waals surface area contributed by atoms with Crippen molar-refractivity contribution in [3.05, 3.63) is 89.5 Å². The second kappa shape index (κ2) is 8.95. The van der Waals surface area contributed by atoms with Crippen LogP contribution in [0.15, 0.2) is 72.8 Å². The summed E-state index contributed by atoms with van der Waals surface area (Å²) in [5.74, 6) is 1.81. The third-order valence-corrected chi connectivity index (χ3v) is 4.12. The Bertz CT molecular complexity index is 813. The third-order valence-electron chi connectivity index (χ3n) is 4.12. The molecular weight excluding hydrogens is 322 g/mol. The van der Waals surface area contributed by atoms with Gasteiger partial charge in [0.25, 0.3) is 0 Å². The fraction of sp³-hybridized carbons (Fsp3) is 0.217. The van der Waals surface area contributed by atoms with E-state index in [0.717, 1.165) is 23.7 Å². The van der Waals surface area contributed by atoms with E-state index in [1.807, 2.05) is 48.5 Å². The fourth-order valence-electron chi connectivity index (χ4n) is 2.73. The van der Waals surface area contributed by atoms with Gasteiger partial charge < -0.3 is 14.8 Å². The Labute approximate surface area is 155 Å². The molecule has 1 N–H and O–H groups in total. The average Bonchev–Trinajstić information content (AvgIpc) is 2.67. The van der Waals surface area contributed by atoms with E-state index in [-0.39, 0.29) is 0 Å². The van der Waals surface area contributed by atoms with Crippen molar-refractivity contribution in [1.82, 2.24) is 0 Å². The van der Waals surface area contributed by atoms with Gasteiger partial charge in [0.05, 0.1) is 0 Å². The van der Waals surface area contributed by atoms with Gasteiger partial charge in [-0.2, -0.15) is 0 Å². The minimum atomic E-state index is 0.581. The van der Waals surface area contributed by atoms with Crippen LogP contribution in [0, 0.1) is 13.8 Å². The summed E-state index contributed by atoms with van der Waals surface area (Å²) in [7, 11) is 0. The van der Waals surface area contributed by atoms with Crippen LogP contribution in [-0.4, -0.2) is 13.2 Å². The van der Waals surface area contributed by atoms with Gasteiger partial charge in [-0.15, -0.1) is 0 Å². The highest BCUT2D eigenvalue weighted by atomic mass is 16.5. The molecule has 0 radical (unpaired) electrons. The van der Waals surface area contributed by atoms with Crippen molar-refractivity contribution in [3.8, 4) is 11.5 Å². The summed E-state index contributed by atoms with van der Waals surface area (Å²) < 4.78 is 11.6. The van der Waals surface area contributed by atoms with Crippen molar-refractivity contribution in [1.29, 1.82) is 0 Å². The monoisotopic (exact) mass is 347 g/mol. The van der Waals surface area contributed by atoms with Crippen LogP contribution in [0.25, 0.3) is 0 Å². The molecular formula is C23H25NO2. The number of hydrogen-bond donors (Lipinski definition) is 1. The van der Waals surface area contributed by atoms with Gasteiger partial charge in [-0.1, -0.05) is 48.0 Å². The Morgan fingerprint density at radius 3 is 2.31 bits per heavy atom. The van der Waals surface area contributed by atoms with E-state index in [1.54, 1.807) is 0 Å². The van der Waals surface area contributed by atoms with E-state index in [4.69, 9.17) is 9.47 Å². The first-order valence-electron chi connectivity index (χ1n) is 8.91. The summed E-state index contributed by atoms with van der Waals surface area (Å²) in [6.07, 6.45) is 0. The number of nitrogens with one attached hydrogen (secondary N) is 1. The second-order valence-corrected chi connectivity index (χ2v) is 6.34. The van der Waals surface area contributed by atoms with Crippen molar-refractivity contribution in [2.75, 3.05) is 18.5 Å². The molecule has 0 bridgehead atoms. The van der Waals surface area contributed by atoms with Crippen LogP contribution in [0.5, 0.6) is 11.5 Å². The molecule has 3 aromatic rings. The standard InChI is InChI=1S/C23H25NO2/c1-18-8-13-23(19(2)16-18)25-15-14-24-21-9-11-22(12-10-21)26-17-20-6-4-3-5-7-20/h3-13,16,24H,14-15,17H2,1-2H3. The van der Waals surface area contributed by atoms with E-state index in [2.05, 4.69) is 43.4 Å². The Balaban J connectivity index is 1.41. The van der Waals surface area contributed by atoms with Gasteiger partial charge >= 0.3 is 0 Å². The first-order chi connectivity index (χ1) is 12.7. The number of anilines is 1. The van der Waals surface area contributed by atoms with Crippen LogP contribution >= 0.6 is 0 Å². The van der Waals surface area contributed by atoms with Crippen molar-refractivity contribution >= 4 is 5.69 Å². The Morgan fingerprint density at radius 1 is 0.808 bits per heavy atom. The van der Waals surface area contributed by atoms with Crippen LogP contribution in [0.3, 0.4) is 0 Å². The van der Waals surface area contributed by atoms with E-state index >= 15 is 0 Å². The number of rotatable bonds is 8. The van der Waals surface area contributed by atoms with Gasteiger partial charge in [0.1, 0.15) is 24.7 Å². The van der Waals surface area contributed by atoms with Crippen molar-refractivity contribution in [2.45, 2.75) is 20.5 Å². The summed E-state index contributed by atoms with van der Waals surface area (Å²) in [5, 5.41) is 3.37. The molecule has 26 heavy (non-hydrogen) atoms. The van der Waals surface area contributed by atoms with E-state index in [9.17, 15) is 0 Å². The molecule has 134 valence electrons. The molecule has 3 aromatic carbocycles.